The highest BCUT2D eigenvalue weighted by Gasteiger charge is 2.00. The van der Waals surface area contributed by atoms with E-state index in [4.69, 9.17) is 11.6 Å². The van der Waals surface area contributed by atoms with Crippen LogP contribution in [0.25, 0.3) is 0 Å². The molecular formula is C9H10ClFS. The van der Waals surface area contributed by atoms with Gasteiger partial charge in [0.2, 0.25) is 0 Å². The minimum Gasteiger partial charge on any atom is -0.207 e. The average Bonchev–Trinajstić information content (AvgIpc) is 2.03. The van der Waals surface area contributed by atoms with Crippen LogP contribution in [0.2, 0.25) is 5.02 Å². The molecule has 0 heterocycles. The standard InChI is InChI=1S/C9H10ClFS/c1-2-12-6-7-3-4-8(11)5-9(7)10/h3-5H,2,6H2,1H3. The van der Waals surface area contributed by atoms with E-state index in [-0.39, 0.29) is 5.82 Å². The lowest BCUT2D eigenvalue weighted by molar-refractivity contribution is 0.627. The van der Waals surface area contributed by atoms with Crippen LogP contribution in [-0.4, -0.2) is 5.75 Å². The normalized spacial score (nSPS) is 10.2. The molecular weight excluding hydrogens is 195 g/mol. The van der Waals surface area contributed by atoms with Gasteiger partial charge in [-0.1, -0.05) is 24.6 Å². The Morgan fingerprint density at radius 1 is 1.50 bits per heavy atom. The Bertz CT molecular complexity index is 263. The first-order valence-electron chi connectivity index (χ1n) is 3.75. The third-order valence-corrected chi connectivity index (χ3v) is 2.75. The smallest absolute Gasteiger partial charge is 0.124 e. The largest absolute Gasteiger partial charge is 0.207 e. The summed E-state index contributed by atoms with van der Waals surface area (Å²) in [5.41, 5.74) is 1.00. The van der Waals surface area contributed by atoms with E-state index in [1.165, 1.54) is 12.1 Å². The highest BCUT2D eigenvalue weighted by molar-refractivity contribution is 7.98. The molecule has 0 saturated heterocycles. The topological polar surface area (TPSA) is 0 Å². The minimum absolute atomic E-state index is 0.273. The van der Waals surface area contributed by atoms with Gasteiger partial charge in [-0.15, -0.1) is 0 Å². The number of thioether (sulfide) groups is 1. The molecule has 3 heteroatoms. The van der Waals surface area contributed by atoms with Crippen molar-refractivity contribution in [3.05, 3.63) is 34.6 Å². The van der Waals surface area contributed by atoms with Crippen LogP contribution in [0, 0.1) is 5.82 Å². The molecule has 0 nitrogen and oxygen atoms in total. The van der Waals surface area contributed by atoms with Gasteiger partial charge < -0.3 is 0 Å². The van der Waals surface area contributed by atoms with Crippen molar-refractivity contribution in [1.29, 1.82) is 0 Å². The summed E-state index contributed by atoms with van der Waals surface area (Å²) in [5, 5.41) is 0.524. The Morgan fingerprint density at radius 3 is 2.83 bits per heavy atom. The molecule has 0 aliphatic carbocycles. The van der Waals surface area contributed by atoms with Crippen molar-refractivity contribution in [3.63, 3.8) is 0 Å². The molecule has 0 aliphatic rings. The molecule has 0 N–H and O–H groups in total. The van der Waals surface area contributed by atoms with Crippen molar-refractivity contribution in [2.45, 2.75) is 12.7 Å². The zero-order valence-electron chi connectivity index (χ0n) is 6.81. The van der Waals surface area contributed by atoms with Gasteiger partial charge >= 0.3 is 0 Å². The van der Waals surface area contributed by atoms with Crippen LogP contribution in [0.4, 0.5) is 4.39 Å². The molecule has 1 aromatic carbocycles. The van der Waals surface area contributed by atoms with Crippen LogP contribution in [0.3, 0.4) is 0 Å². The Hall–Kier alpha value is -0.210. The van der Waals surface area contributed by atoms with Crippen molar-refractivity contribution < 1.29 is 4.39 Å². The van der Waals surface area contributed by atoms with Gasteiger partial charge in [0.1, 0.15) is 5.82 Å². The van der Waals surface area contributed by atoms with Gasteiger partial charge in [-0.25, -0.2) is 4.39 Å². The predicted molar refractivity (Wildman–Crippen MR) is 53.2 cm³/mol. The predicted octanol–water partition coefficient (Wildman–Crippen LogP) is 3.73. The van der Waals surface area contributed by atoms with Crippen LogP contribution >= 0.6 is 23.4 Å². The highest BCUT2D eigenvalue weighted by Crippen LogP contribution is 2.21. The molecule has 0 aromatic heterocycles. The first kappa shape index (κ1) is 9.87. The molecule has 66 valence electrons. The second kappa shape index (κ2) is 4.73. The van der Waals surface area contributed by atoms with E-state index in [9.17, 15) is 4.39 Å². The lowest BCUT2D eigenvalue weighted by atomic mass is 10.2. The number of benzene rings is 1. The Labute approximate surface area is 81.1 Å². The van der Waals surface area contributed by atoms with Crippen molar-refractivity contribution in [1.82, 2.24) is 0 Å². The van der Waals surface area contributed by atoms with E-state index in [1.807, 2.05) is 0 Å². The first-order chi connectivity index (χ1) is 5.74. The van der Waals surface area contributed by atoms with Crippen LogP contribution in [0.15, 0.2) is 18.2 Å². The maximum Gasteiger partial charge on any atom is 0.124 e. The monoisotopic (exact) mass is 204 g/mol. The summed E-state index contributed by atoms with van der Waals surface area (Å²) in [7, 11) is 0. The van der Waals surface area contributed by atoms with E-state index in [0.717, 1.165) is 17.1 Å². The van der Waals surface area contributed by atoms with E-state index >= 15 is 0 Å². The molecule has 1 rings (SSSR count). The zero-order valence-corrected chi connectivity index (χ0v) is 8.38. The van der Waals surface area contributed by atoms with E-state index in [0.29, 0.717) is 5.02 Å². The van der Waals surface area contributed by atoms with E-state index < -0.39 is 0 Å². The molecule has 0 radical (unpaired) electrons. The Balaban J connectivity index is 2.72. The maximum absolute atomic E-state index is 12.6. The van der Waals surface area contributed by atoms with Gasteiger partial charge in [0.25, 0.3) is 0 Å². The van der Waals surface area contributed by atoms with Crippen molar-refractivity contribution in [2.24, 2.45) is 0 Å². The van der Waals surface area contributed by atoms with Crippen molar-refractivity contribution >= 4 is 23.4 Å². The van der Waals surface area contributed by atoms with Crippen LogP contribution in [-0.2, 0) is 5.75 Å². The highest BCUT2D eigenvalue weighted by atomic mass is 35.5. The molecule has 0 saturated carbocycles. The number of hydrogen-bond acceptors (Lipinski definition) is 1. The second-order valence-corrected chi connectivity index (χ2v) is 4.05. The SMILES string of the molecule is CCSCc1ccc(F)cc1Cl. The van der Waals surface area contributed by atoms with Gasteiger partial charge in [0, 0.05) is 10.8 Å². The molecule has 0 unspecified atom stereocenters. The van der Waals surface area contributed by atoms with Crippen LogP contribution in [0.5, 0.6) is 0 Å². The second-order valence-electron chi connectivity index (χ2n) is 2.37. The molecule has 0 spiro atoms. The lowest BCUT2D eigenvalue weighted by Crippen LogP contribution is -1.84. The van der Waals surface area contributed by atoms with Gasteiger partial charge in [-0.2, -0.15) is 11.8 Å². The average molecular weight is 205 g/mol. The summed E-state index contributed by atoms with van der Waals surface area (Å²) in [5.74, 6) is 1.63. The van der Waals surface area contributed by atoms with Gasteiger partial charge in [-0.05, 0) is 23.4 Å². The van der Waals surface area contributed by atoms with E-state index in [1.54, 1.807) is 17.8 Å². The number of halogens is 2. The molecule has 0 bridgehead atoms. The van der Waals surface area contributed by atoms with E-state index in [2.05, 4.69) is 6.92 Å². The molecule has 0 aliphatic heterocycles. The summed E-state index contributed by atoms with van der Waals surface area (Å²) in [6.07, 6.45) is 0. The van der Waals surface area contributed by atoms with Crippen LogP contribution in [0.1, 0.15) is 12.5 Å². The summed E-state index contributed by atoms with van der Waals surface area (Å²) in [6.45, 7) is 2.09. The summed E-state index contributed by atoms with van der Waals surface area (Å²) in [6, 6.07) is 4.53. The van der Waals surface area contributed by atoms with Crippen LogP contribution < -0.4 is 0 Å². The quantitative estimate of drug-likeness (QED) is 0.723. The van der Waals surface area contributed by atoms with Crippen molar-refractivity contribution in [2.75, 3.05) is 5.75 Å². The zero-order chi connectivity index (χ0) is 8.97. The summed E-state index contributed by atoms with van der Waals surface area (Å²) in [4.78, 5) is 0. The Kier molecular flexibility index (Phi) is 3.89. The lowest BCUT2D eigenvalue weighted by Gasteiger charge is -2.01. The number of rotatable bonds is 3. The fourth-order valence-corrected chi connectivity index (χ4v) is 1.84. The molecule has 0 amide bonds. The first-order valence-corrected chi connectivity index (χ1v) is 5.29. The number of hydrogen-bond donors (Lipinski definition) is 0. The molecule has 1 aromatic rings. The minimum atomic E-state index is -0.273. The van der Waals surface area contributed by atoms with Gasteiger partial charge in [0.05, 0.1) is 0 Å². The van der Waals surface area contributed by atoms with Gasteiger partial charge in [-0.3, -0.25) is 0 Å². The summed E-state index contributed by atoms with van der Waals surface area (Å²) < 4.78 is 12.6. The van der Waals surface area contributed by atoms with Gasteiger partial charge in [0.15, 0.2) is 0 Å². The Morgan fingerprint density at radius 2 is 2.25 bits per heavy atom. The summed E-state index contributed by atoms with van der Waals surface area (Å²) >= 11 is 7.59. The molecule has 0 atom stereocenters. The third-order valence-electron chi connectivity index (χ3n) is 1.48. The maximum atomic E-state index is 12.6. The molecule has 12 heavy (non-hydrogen) atoms. The molecule has 0 fully saturated rings. The third kappa shape index (κ3) is 2.68. The fourth-order valence-electron chi connectivity index (χ4n) is 0.851. The fraction of sp³-hybridized carbons (Fsp3) is 0.333. The van der Waals surface area contributed by atoms with Crippen molar-refractivity contribution in [3.8, 4) is 0 Å².